The zero-order chi connectivity index (χ0) is 24.3. The van der Waals surface area contributed by atoms with Gasteiger partial charge in [0.15, 0.2) is 11.6 Å². The van der Waals surface area contributed by atoms with Gasteiger partial charge in [-0.3, -0.25) is 9.59 Å². The van der Waals surface area contributed by atoms with Crippen molar-refractivity contribution in [3.63, 3.8) is 0 Å². The summed E-state index contributed by atoms with van der Waals surface area (Å²) in [5, 5.41) is 9.35. The smallest absolute Gasteiger partial charge is 0.331 e. The Bertz CT molecular complexity index is 913. The number of rotatable bonds is 12. The summed E-state index contributed by atoms with van der Waals surface area (Å²) in [5.41, 5.74) is 5.78. The summed E-state index contributed by atoms with van der Waals surface area (Å²) in [5.74, 6) is -0.932. The normalized spacial score (nSPS) is 15.8. The second kappa shape index (κ2) is 13.6. The quantitative estimate of drug-likeness (QED) is 0.202. The fourth-order valence-corrected chi connectivity index (χ4v) is 3.40. The lowest BCUT2D eigenvalue weighted by Crippen LogP contribution is -2.16. The standard InChI is InChI=1S/C28H38O4/c1-19(2)10-7-14-24(28(31)32)15-9-13-20(3)11-8-12-21(4)16-17-25-18-26(29)22(5)23(6)27(25)30/h10-11,15-16,18H,7-9,12-14,17H2,1-6H3,(H,31,32)/b20-11+,21-16+,24-15-. The Hall–Kier alpha value is -2.75. The number of Topliss-reactive ketones (excluding diaryl/α,β-unsaturated/α-hetero) is 1. The summed E-state index contributed by atoms with van der Waals surface area (Å²) < 4.78 is 0. The number of hydrogen-bond acceptors (Lipinski definition) is 3. The van der Waals surface area contributed by atoms with Crippen LogP contribution < -0.4 is 0 Å². The number of carbonyl (C=O) groups is 3. The first-order valence-electron chi connectivity index (χ1n) is 11.4. The third-order valence-corrected chi connectivity index (χ3v) is 5.74. The number of allylic oxidation sites excluding steroid dienone is 11. The predicted octanol–water partition coefficient (Wildman–Crippen LogP) is 7.00. The van der Waals surface area contributed by atoms with Crippen molar-refractivity contribution in [1.82, 2.24) is 0 Å². The Kier molecular flexibility index (Phi) is 11.6. The van der Waals surface area contributed by atoms with Gasteiger partial charge in [-0.2, -0.15) is 0 Å². The minimum atomic E-state index is -0.830. The van der Waals surface area contributed by atoms with Crippen LogP contribution in [-0.2, 0) is 14.4 Å². The summed E-state index contributed by atoms with van der Waals surface area (Å²) in [6.45, 7) is 11.6. The Morgan fingerprint density at radius 1 is 0.812 bits per heavy atom. The van der Waals surface area contributed by atoms with E-state index in [2.05, 4.69) is 19.1 Å². The Labute approximate surface area is 193 Å². The molecule has 1 N–H and O–H groups in total. The van der Waals surface area contributed by atoms with Crippen LogP contribution in [0.5, 0.6) is 0 Å². The molecule has 0 aromatic rings. The number of carboxylic acid groups (broad SMARTS) is 1. The van der Waals surface area contributed by atoms with Crippen molar-refractivity contribution < 1.29 is 19.5 Å². The van der Waals surface area contributed by atoms with Gasteiger partial charge in [0.25, 0.3) is 0 Å². The van der Waals surface area contributed by atoms with Crippen molar-refractivity contribution in [3.8, 4) is 0 Å². The van der Waals surface area contributed by atoms with Gasteiger partial charge in [-0.25, -0.2) is 4.79 Å². The molecule has 0 radical (unpaired) electrons. The van der Waals surface area contributed by atoms with Gasteiger partial charge in [-0.1, -0.05) is 41.0 Å². The first kappa shape index (κ1) is 27.3. The number of carbonyl (C=O) groups excluding carboxylic acids is 2. The molecule has 174 valence electrons. The maximum Gasteiger partial charge on any atom is 0.331 e. The molecule has 0 amide bonds. The molecule has 1 rings (SSSR count). The third-order valence-electron chi connectivity index (χ3n) is 5.74. The van der Waals surface area contributed by atoms with Crippen LogP contribution >= 0.6 is 0 Å². The third kappa shape index (κ3) is 9.59. The molecule has 0 bridgehead atoms. The van der Waals surface area contributed by atoms with Crippen LogP contribution in [0.2, 0.25) is 0 Å². The van der Waals surface area contributed by atoms with Crippen molar-refractivity contribution in [2.45, 2.75) is 86.5 Å². The van der Waals surface area contributed by atoms with E-state index in [1.165, 1.54) is 22.8 Å². The van der Waals surface area contributed by atoms with Crippen LogP contribution in [0.15, 0.2) is 69.4 Å². The molecular weight excluding hydrogens is 400 g/mol. The molecule has 0 unspecified atom stereocenters. The largest absolute Gasteiger partial charge is 0.478 e. The molecule has 32 heavy (non-hydrogen) atoms. The van der Waals surface area contributed by atoms with Crippen molar-refractivity contribution >= 4 is 17.5 Å². The van der Waals surface area contributed by atoms with Crippen molar-refractivity contribution in [2.24, 2.45) is 0 Å². The fraction of sp³-hybridized carbons (Fsp3) is 0.464. The van der Waals surface area contributed by atoms with E-state index in [-0.39, 0.29) is 11.6 Å². The fourth-order valence-electron chi connectivity index (χ4n) is 3.40. The monoisotopic (exact) mass is 438 g/mol. The summed E-state index contributed by atoms with van der Waals surface area (Å²) in [7, 11) is 0. The van der Waals surface area contributed by atoms with Crippen LogP contribution in [0.25, 0.3) is 0 Å². The van der Waals surface area contributed by atoms with Crippen molar-refractivity contribution in [3.05, 3.63) is 69.4 Å². The van der Waals surface area contributed by atoms with E-state index in [1.54, 1.807) is 13.8 Å². The van der Waals surface area contributed by atoms with Gasteiger partial charge in [0.1, 0.15) is 0 Å². The van der Waals surface area contributed by atoms with Crippen LogP contribution in [0.3, 0.4) is 0 Å². The van der Waals surface area contributed by atoms with E-state index in [4.69, 9.17) is 0 Å². The van der Waals surface area contributed by atoms with E-state index in [0.29, 0.717) is 35.1 Å². The Balaban J connectivity index is 2.50. The molecular formula is C28H38O4. The van der Waals surface area contributed by atoms with Crippen LogP contribution in [0, 0.1) is 0 Å². The first-order chi connectivity index (χ1) is 15.0. The topological polar surface area (TPSA) is 71.4 Å². The molecule has 4 nitrogen and oxygen atoms in total. The molecule has 0 aromatic carbocycles. The molecule has 4 heteroatoms. The van der Waals surface area contributed by atoms with Crippen molar-refractivity contribution in [2.75, 3.05) is 0 Å². The van der Waals surface area contributed by atoms with Gasteiger partial charge in [-0.05, 0) is 92.6 Å². The highest BCUT2D eigenvalue weighted by molar-refractivity contribution is 6.22. The van der Waals surface area contributed by atoms with Gasteiger partial charge in [0, 0.05) is 22.3 Å². The molecule has 0 aliphatic heterocycles. The highest BCUT2D eigenvalue weighted by Crippen LogP contribution is 2.22. The molecule has 0 heterocycles. The summed E-state index contributed by atoms with van der Waals surface area (Å²) in [6.07, 6.45) is 14.8. The lowest BCUT2D eigenvalue weighted by Gasteiger charge is -2.13. The number of aliphatic carboxylic acids is 1. The first-order valence-corrected chi connectivity index (χ1v) is 11.4. The molecule has 0 atom stereocenters. The van der Waals surface area contributed by atoms with E-state index in [9.17, 15) is 19.5 Å². The van der Waals surface area contributed by atoms with Crippen LogP contribution in [-0.4, -0.2) is 22.6 Å². The summed E-state index contributed by atoms with van der Waals surface area (Å²) in [4.78, 5) is 35.6. The van der Waals surface area contributed by atoms with Gasteiger partial charge >= 0.3 is 5.97 Å². The lowest BCUT2D eigenvalue weighted by molar-refractivity contribution is -0.132. The Morgan fingerprint density at radius 3 is 1.97 bits per heavy atom. The predicted molar refractivity (Wildman–Crippen MR) is 131 cm³/mol. The summed E-state index contributed by atoms with van der Waals surface area (Å²) in [6, 6.07) is 0. The van der Waals surface area contributed by atoms with E-state index >= 15 is 0 Å². The molecule has 0 saturated heterocycles. The maximum absolute atomic E-state index is 12.3. The minimum Gasteiger partial charge on any atom is -0.478 e. The highest BCUT2D eigenvalue weighted by atomic mass is 16.4. The molecule has 0 fully saturated rings. The van der Waals surface area contributed by atoms with Crippen molar-refractivity contribution in [1.29, 1.82) is 0 Å². The number of carboxylic acids is 1. The van der Waals surface area contributed by atoms with Crippen LogP contribution in [0.4, 0.5) is 0 Å². The zero-order valence-corrected chi connectivity index (χ0v) is 20.5. The minimum absolute atomic E-state index is 0.0310. The number of hydrogen-bond donors (Lipinski definition) is 1. The SMILES string of the molecule is CC(C)=CCC/C(=C/CC/C(C)=C/CC/C(C)=C/CC1=CC(=O)C(C)=C(C)C1=O)C(=O)O. The Morgan fingerprint density at radius 2 is 1.38 bits per heavy atom. The molecule has 0 aromatic heterocycles. The zero-order valence-electron chi connectivity index (χ0n) is 20.5. The summed E-state index contributed by atoms with van der Waals surface area (Å²) >= 11 is 0. The molecule has 1 aliphatic rings. The maximum atomic E-state index is 12.3. The van der Waals surface area contributed by atoms with Gasteiger partial charge in [0.05, 0.1) is 0 Å². The molecule has 0 spiro atoms. The second-order valence-electron chi connectivity index (χ2n) is 8.85. The van der Waals surface area contributed by atoms with E-state index in [0.717, 1.165) is 32.1 Å². The molecule has 0 saturated carbocycles. The van der Waals surface area contributed by atoms with E-state index < -0.39 is 5.97 Å². The second-order valence-corrected chi connectivity index (χ2v) is 8.85. The van der Waals surface area contributed by atoms with Gasteiger partial charge < -0.3 is 5.11 Å². The van der Waals surface area contributed by atoms with Crippen LogP contribution in [0.1, 0.15) is 86.5 Å². The molecule has 1 aliphatic carbocycles. The highest BCUT2D eigenvalue weighted by Gasteiger charge is 2.21. The van der Waals surface area contributed by atoms with Gasteiger partial charge in [-0.15, -0.1) is 0 Å². The average Bonchev–Trinajstić information content (AvgIpc) is 2.72. The lowest BCUT2D eigenvalue weighted by atomic mass is 9.89. The number of ketones is 2. The van der Waals surface area contributed by atoms with Gasteiger partial charge in [0.2, 0.25) is 0 Å². The van der Waals surface area contributed by atoms with E-state index in [1.807, 2.05) is 32.9 Å². The average molecular weight is 439 g/mol.